The molecule has 0 amide bonds. The number of hydrogen-bond donors (Lipinski definition) is 0. The number of allylic oxidation sites excluding steroid dienone is 3. The van der Waals surface area contributed by atoms with Crippen molar-refractivity contribution in [2.75, 3.05) is 13.2 Å². The van der Waals surface area contributed by atoms with E-state index in [0.717, 1.165) is 48.7 Å². The molecule has 0 aromatic heterocycles. The van der Waals surface area contributed by atoms with Crippen molar-refractivity contribution in [3.63, 3.8) is 0 Å². The first kappa shape index (κ1) is 34.7. The average molecular weight is 609 g/mol. The fourth-order valence-corrected chi connectivity index (χ4v) is 10.3. The topological polar surface area (TPSA) is 18.5 Å². The highest BCUT2D eigenvalue weighted by molar-refractivity contribution is 5.01. The summed E-state index contributed by atoms with van der Waals surface area (Å²) in [5.41, 5.74) is 0. The van der Waals surface area contributed by atoms with Crippen molar-refractivity contribution in [1.29, 1.82) is 0 Å². The Morgan fingerprint density at radius 1 is 0.523 bits per heavy atom. The zero-order chi connectivity index (χ0) is 30.4. The summed E-state index contributed by atoms with van der Waals surface area (Å²) in [6, 6.07) is 0. The van der Waals surface area contributed by atoms with Gasteiger partial charge in [-0.15, -0.1) is 0 Å². The van der Waals surface area contributed by atoms with Crippen LogP contribution in [0.2, 0.25) is 0 Å². The maximum absolute atomic E-state index is 6.76. The molecule has 4 unspecified atom stereocenters. The van der Waals surface area contributed by atoms with Crippen LogP contribution < -0.4 is 0 Å². The lowest BCUT2D eigenvalue weighted by Crippen LogP contribution is -2.40. The molecule has 0 radical (unpaired) electrons. The second-order valence-corrected chi connectivity index (χ2v) is 16.5. The van der Waals surface area contributed by atoms with Gasteiger partial charge in [0.15, 0.2) is 0 Å². The Balaban J connectivity index is 1.08. The van der Waals surface area contributed by atoms with Gasteiger partial charge < -0.3 is 9.47 Å². The molecule has 5 aliphatic rings. The molecule has 5 saturated carbocycles. The first-order valence-corrected chi connectivity index (χ1v) is 20.2. The fraction of sp³-hybridized carbons (Fsp3) is 0.905. The zero-order valence-electron chi connectivity index (χ0n) is 29.3. The third kappa shape index (κ3) is 11.3. The summed E-state index contributed by atoms with van der Waals surface area (Å²) in [6.07, 6.45) is 44.6. The average Bonchev–Trinajstić information content (AvgIpc) is 3.07. The Kier molecular flexibility index (Phi) is 15.2. The van der Waals surface area contributed by atoms with Crippen molar-refractivity contribution in [1.82, 2.24) is 0 Å². The summed E-state index contributed by atoms with van der Waals surface area (Å²) in [5.74, 6) is 6.73. The van der Waals surface area contributed by atoms with Crippen LogP contribution >= 0.6 is 0 Å². The lowest BCUT2D eigenvalue weighted by atomic mass is 9.69. The second-order valence-electron chi connectivity index (χ2n) is 16.5. The van der Waals surface area contributed by atoms with Gasteiger partial charge in [0.2, 0.25) is 0 Å². The van der Waals surface area contributed by atoms with Crippen LogP contribution in [0.1, 0.15) is 168 Å². The van der Waals surface area contributed by atoms with Gasteiger partial charge in [0.25, 0.3) is 0 Å². The number of ether oxygens (including phenoxy) is 2. The van der Waals surface area contributed by atoms with Gasteiger partial charge in [-0.2, -0.15) is 0 Å². The Bertz CT molecular complexity index is 804. The van der Waals surface area contributed by atoms with E-state index in [2.05, 4.69) is 38.2 Å². The van der Waals surface area contributed by atoms with Crippen LogP contribution in [0.15, 0.2) is 24.3 Å². The van der Waals surface area contributed by atoms with Gasteiger partial charge in [-0.05, 0) is 138 Å². The zero-order valence-corrected chi connectivity index (χ0v) is 29.3. The van der Waals surface area contributed by atoms with Crippen LogP contribution in [0.4, 0.5) is 0 Å². The maximum atomic E-state index is 6.76. The van der Waals surface area contributed by atoms with E-state index in [1.165, 1.54) is 154 Å². The van der Waals surface area contributed by atoms with E-state index in [4.69, 9.17) is 9.47 Å². The van der Waals surface area contributed by atoms with Crippen molar-refractivity contribution in [2.45, 2.75) is 180 Å². The Hall–Kier alpha value is -0.600. The van der Waals surface area contributed by atoms with E-state index in [9.17, 15) is 0 Å². The van der Waals surface area contributed by atoms with E-state index < -0.39 is 0 Å². The third-order valence-corrected chi connectivity index (χ3v) is 13.2. The molecular formula is C42H72O2. The van der Waals surface area contributed by atoms with Gasteiger partial charge in [0.05, 0.1) is 12.2 Å². The predicted octanol–water partition coefficient (Wildman–Crippen LogP) is 12.3. The first-order valence-electron chi connectivity index (χ1n) is 20.2. The summed E-state index contributed by atoms with van der Waals surface area (Å²) in [7, 11) is 0. The minimum atomic E-state index is 0.387. The van der Waals surface area contributed by atoms with E-state index in [0.29, 0.717) is 24.0 Å². The lowest BCUT2D eigenvalue weighted by molar-refractivity contribution is -0.0806. The summed E-state index contributed by atoms with van der Waals surface area (Å²) >= 11 is 0. The van der Waals surface area contributed by atoms with Crippen LogP contribution in [0.3, 0.4) is 0 Å². The van der Waals surface area contributed by atoms with Crippen LogP contribution in [-0.4, -0.2) is 25.4 Å². The van der Waals surface area contributed by atoms with Crippen molar-refractivity contribution >= 4 is 0 Å². The molecule has 0 N–H and O–H groups in total. The van der Waals surface area contributed by atoms with Crippen molar-refractivity contribution < 1.29 is 9.47 Å². The first-order chi connectivity index (χ1) is 21.7. The largest absolute Gasteiger partial charge is 0.378 e. The molecule has 2 nitrogen and oxygen atoms in total. The van der Waals surface area contributed by atoms with Crippen LogP contribution in [0, 0.1) is 47.3 Å². The molecule has 4 atom stereocenters. The molecule has 5 aliphatic carbocycles. The van der Waals surface area contributed by atoms with Gasteiger partial charge in [-0.25, -0.2) is 0 Å². The molecule has 0 aliphatic heterocycles. The molecule has 252 valence electrons. The second kappa shape index (κ2) is 19.3. The van der Waals surface area contributed by atoms with E-state index in [1.807, 2.05) is 0 Å². The van der Waals surface area contributed by atoms with E-state index in [-0.39, 0.29) is 0 Å². The quantitative estimate of drug-likeness (QED) is 0.144. The normalized spacial score (nSPS) is 36.8. The molecule has 44 heavy (non-hydrogen) atoms. The number of rotatable bonds is 14. The summed E-state index contributed by atoms with van der Waals surface area (Å²) in [6.45, 7) is 6.56. The highest BCUT2D eigenvalue weighted by atomic mass is 16.5. The molecule has 0 saturated heterocycles. The molecular weight excluding hydrogens is 536 g/mol. The minimum absolute atomic E-state index is 0.387. The van der Waals surface area contributed by atoms with Crippen molar-refractivity contribution in [3.8, 4) is 0 Å². The molecule has 2 heteroatoms. The lowest BCUT2D eigenvalue weighted by Gasteiger charge is -2.39. The maximum Gasteiger partial charge on any atom is 0.0642 e. The van der Waals surface area contributed by atoms with E-state index in [1.54, 1.807) is 0 Å². The fourth-order valence-electron chi connectivity index (χ4n) is 10.3. The van der Waals surface area contributed by atoms with Crippen molar-refractivity contribution in [2.24, 2.45) is 47.3 Å². The minimum Gasteiger partial charge on any atom is -0.378 e. The molecule has 0 aromatic carbocycles. The van der Waals surface area contributed by atoms with Gasteiger partial charge in [0.1, 0.15) is 0 Å². The number of hydrogen-bond acceptors (Lipinski definition) is 2. The van der Waals surface area contributed by atoms with Crippen LogP contribution in [-0.2, 0) is 9.47 Å². The molecule has 0 heterocycles. The Labute approximate surface area is 274 Å². The Morgan fingerprint density at radius 3 is 1.55 bits per heavy atom. The summed E-state index contributed by atoms with van der Waals surface area (Å²) in [5, 5.41) is 0. The van der Waals surface area contributed by atoms with Gasteiger partial charge in [0, 0.05) is 19.1 Å². The van der Waals surface area contributed by atoms with Gasteiger partial charge >= 0.3 is 0 Å². The standard InChI is InChI=1S/C42H72O2/c1-3-12-34-19-24-38(25-20-34)39-26-21-37(22-27-39)23-28-40-32-41(43-29-10-17-35-13-6-4-7-14-35)33(2)31-42(40)44-30-11-18-36-15-8-5-9-16-36/h3,12,23,28,33-42H,4-11,13-22,24-27,29-32H2,1-2H3. The monoisotopic (exact) mass is 609 g/mol. The molecule has 0 spiro atoms. The highest BCUT2D eigenvalue weighted by Crippen LogP contribution is 2.42. The van der Waals surface area contributed by atoms with Crippen molar-refractivity contribution in [3.05, 3.63) is 24.3 Å². The smallest absolute Gasteiger partial charge is 0.0642 e. The summed E-state index contributed by atoms with van der Waals surface area (Å²) in [4.78, 5) is 0. The highest BCUT2D eigenvalue weighted by Gasteiger charge is 2.36. The third-order valence-electron chi connectivity index (χ3n) is 13.2. The van der Waals surface area contributed by atoms with E-state index >= 15 is 0 Å². The Morgan fingerprint density at radius 2 is 1.02 bits per heavy atom. The predicted molar refractivity (Wildman–Crippen MR) is 188 cm³/mol. The SMILES string of the molecule is CC=CC1CCC(C2CCC(C=CC3CC(OCCCC4CCCCC4)C(C)CC3OCCCC3CCCCC3)CC2)CC1. The van der Waals surface area contributed by atoms with Crippen LogP contribution in [0.25, 0.3) is 0 Å². The van der Waals surface area contributed by atoms with Crippen LogP contribution in [0.5, 0.6) is 0 Å². The molecule has 5 rings (SSSR count). The van der Waals surface area contributed by atoms with Gasteiger partial charge in [-0.3, -0.25) is 0 Å². The molecule has 5 fully saturated rings. The summed E-state index contributed by atoms with van der Waals surface area (Å²) < 4.78 is 13.4. The molecule has 0 bridgehead atoms. The van der Waals surface area contributed by atoms with Gasteiger partial charge in [-0.1, -0.05) is 95.4 Å². The molecule has 0 aromatic rings.